The normalized spacial score (nSPS) is 43.0. The molecule has 0 nitrogen and oxygen atoms in total. The third kappa shape index (κ3) is 0.274. The molecule has 2 aliphatic heterocycles. The molecule has 2 heterocycles. The van der Waals surface area contributed by atoms with Crippen LogP contribution in [0.4, 0.5) is 0 Å². The fraction of sp³-hybridized carbons (Fsp3) is 0.800. The average Bonchev–Trinajstić information content (AvgIpc) is 1.72. The van der Waals surface area contributed by atoms with E-state index in [1.54, 1.807) is 5.25 Å². The van der Waals surface area contributed by atoms with E-state index in [0.717, 1.165) is 5.25 Å². The zero-order valence-electron chi connectivity index (χ0n) is 3.61. The molecule has 0 spiro atoms. The molecule has 3 aliphatic rings. The molecule has 1 saturated carbocycles. The Labute approximate surface area is 42.3 Å². The second-order valence-corrected chi connectivity index (χ2v) is 3.50. The van der Waals surface area contributed by atoms with Crippen LogP contribution in [0.15, 0.2) is 0 Å². The Morgan fingerprint density at radius 3 is 2.67 bits per heavy atom. The van der Waals surface area contributed by atoms with Gasteiger partial charge >= 0.3 is 0 Å². The van der Waals surface area contributed by atoms with Gasteiger partial charge in [-0.25, -0.2) is 0 Å². The molecule has 1 heteroatoms. The molecule has 1 aliphatic carbocycles. The van der Waals surface area contributed by atoms with Gasteiger partial charge in [-0.05, 0) is 19.3 Å². The van der Waals surface area contributed by atoms with Crippen LogP contribution in [0, 0.1) is 5.25 Å². The lowest BCUT2D eigenvalue weighted by molar-refractivity contribution is 0.902. The molecule has 0 aromatic rings. The maximum Gasteiger partial charge on any atom is 0.0320 e. The monoisotopic (exact) mass is 99.0 g/mol. The van der Waals surface area contributed by atoms with E-state index in [1.807, 2.05) is 0 Å². The molecule has 1 atom stereocenters. The van der Waals surface area contributed by atoms with Gasteiger partial charge in [0.2, 0.25) is 0 Å². The van der Waals surface area contributed by atoms with Crippen molar-refractivity contribution in [3.63, 3.8) is 0 Å². The van der Waals surface area contributed by atoms with Crippen molar-refractivity contribution in [3.8, 4) is 0 Å². The number of thioether (sulfide) groups is 1. The van der Waals surface area contributed by atoms with Crippen LogP contribution < -0.4 is 0 Å². The standard InChI is InChI=1S/C5H7S/c1-2-5-3-4(1)6-5/h4H,1-3H2. The second-order valence-electron chi connectivity index (χ2n) is 2.02. The zero-order valence-corrected chi connectivity index (χ0v) is 4.42. The molecule has 1 unspecified atom stereocenters. The molecule has 2 bridgehead atoms. The van der Waals surface area contributed by atoms with Crippen molar-refractivity contribution >= 4 is 11.8 Å². The number of rotatable bonds is 0. The molecule has 0 aromatic heterocycles. The highest BCUT2D eigenvalue weighted by Gasteiger charge is 2.37. The zero-order chi connectivity index (χ0) is 3.98. The van der Waals surface area contributed by atoms with E-state index in [9.17, 15) is 0 Å². The van der Waals surface area contributed by atoms with E-state index >= 15 is 0 Å². The largest absolute Gasteiger partial charge is 0.150 e. The van der Waals surface area contributed by atoms with Gasteiger partial charge in [0.1, 0.15) is 0 Å². The minimum absolute atomic E-state index is 1.07. The predicted molar refractivity (Wildman–Crippen MR) is 28.5 cm³/mol. The van der Waals surface area contributed by atoms with Crippen molar-refractivity contribution in [2.24, 2.45) is 0 Å². The van der Waals surface area contributed by atoms with Crippen molar-refractivity contribution in [3.05, 3.63) is 5.25 Å². The molecular weight excluding hydrogens is 92.1 g/mol. The summed E-state index contributed by atoms with van der Waals surface area (Å²) in [4.78, 5) is 0. The molecule has 1 radical (unpaired) electrons. The molecule has 3 rings (SSSR count). The summed E-state index contributed by atoms with van der Waals surface area (Å²) in [6.07, 6.45) is 4.39. The molecular formula is C5H7S. The predicted octanol–water partition coefficient (Wildman–Crippen LogP) is 1.82. The summed E-state index contributed by atoms with van der Waals surface area (Å²) in [7, 11) is 0. The highest BCUT2D eigenvalue weighted by Crippen LogP contribution is 2.55. The summed E-state index contributed by atoms with van der Waals surface area (Å²) in [5, 5.41) is 2.83. The first-order valence-corrected chi connectivity index (χ1v) is 3.34. The maximum atomic E-state index is 2.11. The highest BCUT2D eigenvalue weighted by atomic mass is 32.2. The second kappa shape index (κ2) is 0.945. The smallest absolute Gasteiger partial charge is 0.0320 e. The lowest BCUT2D eigenvalue weighted by Gasteiger charge is -2.19. The number of hydrogen-bond acceptors (Lipinski definition) is 1. The lowest BCUT2D eigenvalue weighted by atomic mass is 10.3. The van der Waals surface area contributed by atoms with Crippen LogP contribution in [0.25, 0.3) is 0 Å². The summed E-state index contributed by atoms with van der Waals surface area (Å²) in [5.74, 6) is 0. The van der Waals surface area contributed by atoms with Crippen LogP contribution in [0.5, 0.6) is 0 Å². The Hall–Kier alpha value is 0.350. The van der Waals surface area contributed by atoms with E-state index in [4.69, 9.17) is 0 Å². The topological polar surface area (TPSA) is 0 Å². The van der Waals surface area contributed by atoms with Gasteiger partial charge in [0.25, 0.3) is 0 Å². The SMILES string of the molecule is C1CC2C[C]1S2. The van der Waals surface area contributed by atoms with Crippen molar-refractivity contribution < 1.29 is 0 Å². The van der Waals surface area contributed by atoms with E-state index in [0.29, 0.717) is 0 Å². The molecule has 0 N–H and O–H groups in total. The number of hydrogen-bond donors (Lipinski definition) is 0. The van der Waals surface area contributed by atoms with Crippen LogP contribution in [0.3, 0.4) is 0 Å². The van der Waals surface area contributed by atoms with Gasteiger partial charge in [-0.15, -0.1) is 0 Å². The van der Waals surface area contributed by atoms with Crippen molar-refractivity contribution in [1.29, 1.82) is 0 Å². The molecule has 6 heavy (non-hydrogen) atoms. The van der Waals surface area contributed by atoms with Gasteiger partial charge in [0, 0.05) is 10.5 Å². The Balaban J connectivity index is 2.16. The van der Waals surface area contributed by atoms with Crippen LogP contribution in [0.2, 0.25) is 0 Å². The molecule has 33 valence electrons. The van der Waals surface area contributed by atoms with E-state index in [1.165, 1.54) is 19.3 Å². The fourth-order valence-electron chi connectivity index (χ4n) is 1.12. The van der Waals surface area contributed by atoms with Gasteiger partial charge in [0.05, 0.1) is 0 Å². The summed E-state index contributed by atoms with van der Waals surface area (Å²) >= 11 is 2.11. The van der Waals surface area contributed by atoms with Crippen LogP contribution in [-0.4, -0.2) is 5.25 Å². The van der Waals surface area contributed by atoms with Gasteiger partial charge in [0.15, 0.2) is 0 Å². The molecule has 0 amide bonds. The minimum Gasteiger partial charge on any atom is -0.150 e. The van der Waals surface area contributed by atoms with Crippen molar-refractivity contribution in [2.45, 2.75) is 24.5 Å². The Morgan fingerprint density at radius 1 is 1.67 bits per heavy atom. The fourth-order valence-corrected chi connectivity index (χ4v) is 2.35. The van der Waals surface area contributed by atoms with Gasteiger partial charge in [-0.2, -0.15) is 11.8 Å². The minimum atomic E-state index is 1.07. The van der Waals surface area contributed by atoms with Crippen LogP contribution >= 0.6 is 11.8 Å². The Bertz CT molecular complexity index is 50.8. The van der Waals surface area contributed by atoms with Gasteiger partial charge in [-0.1, -0.05) is 0 Å². The Kier molecular flexibility index (Phi) is 0.530. The van der Waals surface area contributed by atoms with Crippen molar-refractivity contribution in [2.75, 3.05) is 0 Å². The summed E-state index contributed by atoms with van der Waals surface area (Å²) in [5.41, 5.74) is 0. The molecule has 3 fully saturated rings. The summed E-state index contributed by atoms with van der Waals surface area (Å²) in [6, 6.07) is 0. The van der Waals surface area contributed by atoms with E-state index in [2.05, 4.69) is 11.8 Å². The number of fused-ring (bicyclic) bond motifs is 1. The Morgan fingerprint density at radius 2 is 2.50 bits per heavy atom. The quantitative estimate of drug-likeness (QED) is 0.446. The third-order valence-corrected chi connectivity index (χ3v) is 2.97. The first kappa shape index (κ1) is 3.36. The van der Waals surface area contributed by atoms with Gasteiger partial charge < -0.3 is 0 Å². The van der Waals surface area contributed by atoms with E-state index < -0.39 is 0 Å². The van der Waals surface area contributed by atoms with Crippen molar-refractivity contribution in [1.82, 2.24) is 0 Å². The maximum absolute atomic E-state index is 2.11. The molecule has 2 saturated heterocycles. The highest BCUT2D eigenvalue weighted by molar-refractivity contribution is 8.04. The first-order chi connectivity index (χ1) is 2.95. The third-order valence-electron chi connectivity index (χ3n) is 1.53. The summed E-state index contributed by atoms with van der Waals surface area (Å²) < 4.78 is 0. The van der Waals surface area contributed by atoms with E-state index in [-0.39, 0.29) is 0 Å². The molecule has 0 aromatic carbocycles. The van der Waals surface area contributed by atoms with Crippen LogP contribution in [0.1, 0.15) is 19.3 Å². The first-order valence-electron chi connectivity index (χ1n) is 2.46. The summed E-state index contributed by atoms with van der Waals surface area (Å²) in [6.45, 7) is 0. The lowest BCUT2D eigenvalue weighted by Crippen LogP contribution is -2.05. The van der Waals surface area contributed by atoms with Gasteiger partial charge in [-0.3, -0.25) is 0 Å². The van der Waals surface area contributed by atoms with Crippen LogP contribution in [-0.2, 0) is 0 Å². The average molecular weight is 99.2 g/mol.